The molecule has 1 heterocycles. The smallest absolute Gasteiger partial charge is 0.128 e. The Morgan fingerprint density at radius 2 is 2.14 bits per heavy atom. The van der Waals surface area contributed by atoms with E-state index in [2.05, 4.69) is 22.6 Å². The minimum Gasteiger partial charge on any atom is -0.368 e. The van der Waals surface area contributed by atoms with Crippen molar-refractivity contribution in [1.29, 1.82) is 0 Å². The second-order valence-corrected chi connectivity index (χ2v) is 5.11. The molecule has 0 saturated carbocycles. The van der Waals surface area contributed by atoms with Crippen LogP contribution in [0.3, 0.4) is 0 Å². The minimum absolute atomic E-state index is 0.0996. The average molecular weight is 306 g/mol. The zero-order valence-corrected chi connectivity index (χ0v) is 10.3. The van der Waals surface area contributed by atoms with Gasteiger partial charge in [0.05, 0.1) is 6.61 Å². The van der Waals surface area contributed by atoms with Crippen molar-refractivity contribution < 1.29 is 9.13 Å². The largest absolute Gasteiger partial charge is 0.368 e. The van der Waals surface area contributed by atoms with Gasteiger partial charge in [-0.15, -0.1) is 0 Å². The molecule has 1 atom stereocenters. The molecule has 0 spiro atoms. The molecular weight excluding hydrogens is 294 g/mol. The zero-order valence-electron chi connectivity index (χ0n) is 8.18. The lowest BCUT2D eigenvalue weighted by atomic mass is 9.95. The average Bonchev–Trinajstić information content (AvgIpc) is 2.82. The van der Waals surface area contributed by atoms with Crippen molar-refractivity contribution in [1.82, 2.24) is 0 Å². The molecule has 0 aromatic heterocycles. The SMILES string of the molecule is CC(C)c1c(F)cc(I)cc1C1CO1. The van der Waals surface area contributed by atoms with Crippen LogP contribution in [-0.2, 0) is 4.74 Å². The second-order valence-electron chi connectivity index (χ2n) is 3.87. The van der Waals surface area contributed by atoms with Crippen molar-refractivity contribution in [3.8, 4) is 0 Å². The molecule has 1 unspecified atom stereocenters. The molecule has 1 aromatic rings. The Bertz CT molecular complexity index is 359. The molecule has 0 aliphatic carbocycles. The molecule has 2 rings (SSSR count). The quantitative estimate of drug-likeness (QED) is 0.600. The first kappa shape index (κ1) is 10.4. The van der Waals surface area contributed by atoms with Crippen LogP contribution in [0.25, 0.3) is 0 Å². The summed E-state index contributed by atoms with van der Waals surface area (Å²) in [5, 5.41) is 0. The fourth-order valence-corrected chi connectivity index (χ4v) is 2.32. The maximum atomic E-state index is 13.7. The topological polar surface area (TPSA) is 12.5 Å². The van der Waals surface area contributed by atoms with E-state index in [-0.39, 0.29) is 17.8 Å². The maximum absolute atomic E-state index is 13.7. The van der Waals surface area contributed by atoms with Crippen molar-refractivity contribution in [2.24, 2.45) is 0 Å². The fraction of sp³-hybridized carbons (Fsp3) is 0.455. The van der Waals surface area contributed by atoms with Gasteiger partial charge in [0.15, 0.2) is 0 Å². The summed E-state index contributed by atoms with van der Waals surface area (Å²) < 4.78 is 19.9. The molecule has 0 bridgehead atoms. The number of epoxide rings is 1. The van der Waals surface area contributed by atoms with E-state index in [0.29, 0.717) is 0 Å². The van der Waals surface area contributed by atoms with Gasteiger partial charge in [-0.05, 0) is 51.8 Å². The summed E-state index contributed by atoms with van der Waals surface area (Å²) in [6, 6.07) is 3.61. The van der Waals surface area contributed by atoms with Gasteiger partial charge in [0.2, 0.25) is 0 Å². The van der Waals surface area contributed by atoms with Crippen LogP contribution in [0.2, 0.25) is 0 Å². The number of benzene rings is 1. The standard InChI is InChI=1S/C11H12FIO/c1-6(2)11-8(10-5-14-10)3-7(13)4-9(11)12/h3-4,6,10H,5H2,1-2H3. The Morgan fingerprint density at radius 3 is 2.64 bits per heavy atom. The monoisotopic (exact) mass is 306 g/mol. The third-order valence-corrected chi connectivity index (χ3v) is 3.01. The Hall–Kier alpha value is -0.160. The summed E-state index contributed by atoms with van der Waals surface area (Å²) in [5.41, 5.74) is 1.84. The molecule has 1 aliphatic heterocycles. The summed E-state index contributed by atoms with van der Waals surface area (Å²) >= 11 is 2.14. The van der Waals surface area contributed by atoms with Crippen LogP contribution in [0.4, 0.5) is 4.39 Å². The number of hydrogen-bond acceptors (Lipinski definition) is 1. The highest BCUT2D eigenvalue weighted by Crippen LogP contribution is 2.37. The van der Waals surface area contributed by atoms with Gasteiger partial charge in [0.1, 0.15) is 11.9 Å². The maximum Gasteiger partial charge on any atom is 0.128 e. The zero-order chi connectivity index (χ0) is 10.3. The Labute approximate surface area is 96.8 Å². The molecule has 14 heavy (non-hydrogen) atoms. The van der Waals surface area contributed by atoms with E-state index in [9.17, 15) is 4.39 Å². The van der Waals surface area contributed by atoms with E-state index in [4.69, 9.17) is 4.74 Å². The summed E-state index contributed by atoms with van der Waals surface area (Å²) in [7, 11) is 0. The van der Waals surface area contributed by atoms with E-state index < -0.39 is 0 Å². The number of rotatable bonds is 2. The summed E-state index contributed by atoms with van der Waals surface area (Å²) in [6.45, 7) is 4.76. The Kier molecular flexibility index (Phi) is 2.79. The van der Waals surface area contributed by atoms with Crippen molar-refractivity contribution in [2.75, 3.05) is 6.61 Å². The van der Waals surface area contributed by atoms with Crippen LogP contribution in [0.1, 0.15) is 37.0 Å². The van der Waals surface area contributed by atoms with Gasteiger partial charge in [-0.25, -0.2) is 4.39 Å². The summed E-state index contributed by atoms with van der Waals surface area (Å²) in [5.74, 6) is 0.114. The van der Waals surface area contributed by atoms with Gasteiger partial charge in [-0.1, -0.05) is 13.8 Å². The van der Waals surface area contributed by atoms with Gasteiger partial charge in [0.25, 0.3) is 0 Å². The van der Waals surface area contributed by atoms with E-state index in [1.54, 1.807) is 6.07 Å². The molecule has 1 aliphatic rings. The number of hydrogen-bond donors (Lipinski definition) is 0. The lowest BCUT2D eigenvalue weighted by molar-refractivity contribution is 0.412. The molecule has 76 valence electrons. The van der Waals surface area contributed by atoms with Gasteiger partial charge in [0, 0.05) is 3.57 Å². The molecule has 1 nitrogen and oxygen atoms in total. The van der Waals surface area contributed by atoms with E-state index in [1.165, 1.54) is 0 Å². The molecule has 1 aromatic carbocycles. The van der Waals surface area contributed by atoms with Gasteiger partial charge in [-0.3, -0.25) is 0 Å². The highest BCUT2D eigenvalue weighted by atomic mass is 127. The summed E-state index contributed by atoms with van der Waals surface area (Å²) in [4.78, 5) is 0. The summed E-state index contributed by atoms with van der Waals surface area (Å²) in [6.07, 6.45) is 0.136. The van der Waals surface area contributed by atoms with Crippen LogP contribution < -0.4 is 0 Å². The first-order valence-corrected chi connectivity index (χ1v) is 5.78. The molecule has 0 radical (unpaired) electrons. The Morgan fingerprint density at radius 1 is 1.50 bits per heavy atom. The molecule has 1 fully saturated rings. The highest BCUT2D eigenvalue weighted by molar-refractivity contribution is 14.1. The van der Waals surface area contributed by atoms with E-state index >= 15 is 0 Å². The van der Waals surface area contributed by atoms with Crippen LogP contribution in [-0.4, -0.2) is 6.61 Å². The molecule has 3 heteroatoms. The molecule has 0 N–H and O–H groups in total. The van der Waals surface area contributed by atoms with E-state index in [1.807, 2.05) is 19.9 Å². The van der Waals surface area contributed by atoms with Crippen LogP contribution in [0, 0.1) is 9.39 Å². The van der Waals surface area contributed by atoms with Crippen LogP contribution in [0.5, 0.6) is 0 Å². The van der Waals surface area contributed by atoms with Crippen LogP contribution in [0.15, 0.2) is 12.1 Å². The lowest BCUT2D eigenvalue weighted by Gasteiger charge is -2.12. The van der Waals surface area contributed by atoms with Crippen molar-refractivity contribution >= 4 is 22.6 Å². The molecule has 0 amide bonds. The third-order valence-electron chi connectivity index (χ3n) is 2.38. The second kappa shape index (κ2) is 3.77. The van der Waals surface area contributed by atoms with Crippen LogP contribution >= 0.6 is 22.6 Å². The first-order chi connectivity index (χ1) is 6.59. The van der Waals surface area contributed by atoms with E-state index in [0.717, 1.165) is 21.3 Å². The highest BCUT2D eigenvalue weighted by Gasteiger charge is 2.29. The minimum atomic E-state index is -0.0996. The number of ether oxygens (including phenoxy) is 1. The fourth-order valence-electron chi connectivity index (χ4n) is 1.71. The van der Waals surface area contributed by atoms with Gasteiger partial charge in [-0.2, -0.15) is 0 Å². The predicted molar refractivity (Wildman–Crippen MR) is 61.9 cm³/mol. The predicted octanol–water partition coefficient (Wildman–Crippen LogP) is 3.63. The van der Waals surface area contributed by atoms with Gasteiger partial charge < -0.3 is 4.74 Å². The number of halogens is 2. The van der Waals surface area contributed by atoms with Gasteiger partial charge >= 0.3 is 0 Å². The van der Waals surface area contributed by atoms with Crippen molar-refractivity contribution in [3.63, 3.8) is 0 Å². The normalized spacial score (nSPS) is 20.2. The third kappa shape index (κ3) is 1.93. The lowest BCUT2D eigenvalue weighted by Crippen LogP contribution is -2.00. The van der Waals surface area contributed by atoms with Crippen molar-refractivity contribution in [2.45, 2.75) is 25.9 Å². The molecular formula is C11H12FIO. The first-order valence-electron chi connectivity index (χ1n) is 4.70. The van der Waals surface area contributed by atoms with Crippen molar-refractivity contribution in [3.05, 3.63) is 32.6 Å². The molecule has 1 saturated heterocycles. The Balaban J connectivity index is 2.53.